The van der Waals surface area contributed by atoms with Gasteiger partial charge in [-0.1, -0.05) is 20.8 Å². The smallest absolute Gasteiger partial charge is 0.109 e. The van der Waals surface area contributed by atoms with Gasteiger partial charge in [-0.3, -0.25) is 0 Å². The zero-order valence-corrected chi connectivity index (χ0v) is 11.4. The molecule has 2 heterocycles. The first-order valence-corrected chi connectivity index (χ1v) is 7.00. The van der Waals surface area contributed by atoms with Crippen LogP contribution in [0.3, 0.4) is 0 Å². The molecule has 3 heteroatoms. The molecule has 1 aliphatic heterocycles. The normalized spacial score (nSPS) is 15.3. The highest BCUT2D eigenvalue weighted by Gasteiger charge is 2.18. The standard InChI is InChI=1S/C14H25N3/c1-4-5-14-16-12-10-15-8-6-13(12)17(14)9-7-11(2)3/h11,15H,4-10H2,1-3H3. The maximum Gasteiger partial charge on any atom is 0.109 e. The first kappa shape index (κ1) is 12.6. The first-order chi connectivity index (χ1) is 8.22. The number of fused-ring (bicyclic) bond motifs is 1. The quantitative estimate of drug-likeness (QED) is 0.850. The summed E-state index contributed by atoms with van der Waals surface area (Å²) in [5.41, 5.74) is 2.79. The van der Waals surface area contributed by atoms with E-state index in [4.69, 9.17) is 4.98 Å². The molecule has 0 saturated heterocycles. The molecule has 0 spiro atoms. The van der Waals surface area contributed by atoms with Gasteiger partial charge in [0, 0.05) is 38.2 Å². The maximum absolute atomic E-state index is 4.82. The van der Waals surface area contributed by atoms with Crippen LogP contribution in [0.2, 0.25) is 0 Å². The van der Waals surface area contributed by atoms with Gasteiger partial charge in [0.05, 0.1) is 5.69 Å². The van der Waals surface area contributed by atoms with Crippen molar-refractivity contribution in [2.24, 2.45) is 5.92 Å². The molecular weight excluding hydrogens is 210 g/mol. The van der Waals surface area contributed by atoms with Crippen molar-refractivity contribution < 1.29 is 0 Å². The molecule has 0 unspecified atom stereocenters. The molecule has 0 atom stereocenters. The highest BCUT2D eigenvalue weighted by atomic mass is 15.1. The predicted molar refractivity (Wildman–Crippen MR) is 71.1 cm³/mol. The van der Waals surface area contributed by atoms with Crippen molar-refractivity contribution in [3.8, 4) is 0 Å². The molecule has 0 fully saturated rings. The van der Waals surface area contributed by atoms with E-state index in [1.165, 1.54) is 30.1 Å². The number of hydrogen-bond donors (Lipinski definition) is 1. The average Bonchev–Trinajstić information content (AvgIpc) is 2.64. The van der Waals surface area contributed by atoms with Crippen molar-refractivity contribution in [2.45, 2.75) is 59.5 Å². The number of rotatable bonds is 5. The Balaban J connectivity index is 2.21. The van der Waals surface area contributed by atoms with Gasteiger partial charge in [-0.05, 0) is 18.8 Å². The van der Waals surface area contributed by atoms with E-state index >= 15 is 0 Å². The SMILES string of the molecule is CCCc1nc2c(n1CCC(C)C)CCNC2. The van der Waals surface area contributed by atoms with Crippen molar-refractivity contribution in [3.05, 3.63) is 17.2 Å². The largest absolute Gasteiger partial charge is 0.332 e. The topological polar surface area (TPSA) is 29.9 Å². The molecule has 17 heavy (non-hydrogen) atoms. The second-order valence-electron chi connectivity index (χ2n) is 5.43. The fourth-order valence-electron chi connectivity index (χ4n) is 2.49. The van der Waals surface area contributed by atoms with E-state index in [2.05, 4.69) is 30.7 Å². The van der Waals surface area contributed by atoms with Crippen LogP contribution in [0.4, 0.5) is 0 Å². The second kappa shape index (κ2) is 5.67. The highest BCUT2D eigenvalue weighted by molar-refractivity contribution is 5.20. The van der Waals surface area contributed by atoms with Crippen molar-refractivity contribution in [3.63, 3.8) is 0 Å². The highest BCUT2D eigenvalue weighted by Crippen LogP contribution is 2.18. The Morgan fingerprint density at radius 3 is 2.94 bits per heavy atom. The van der Waals surface area contributed by atoms with E-state index in [0.717, 1.165) is 38.4 Å². The molecular formula is C14H25N3. The summed E-state index contributed by atoms with van der Waals surface area (Å²) in [4.78, 5) is 4.82. The lowest BCUT2D eigenvalue weighted by molar-refractivity contribution is 0.487. The van der Waals surface area contributed by atoms with Crippen LogP contribution in [0.15, 0.2) is 0 Å². The molecule has 2 rings (SSSR count). The van der Waals surface area contributed by atoms with Crippen LogP contribution in [0.25, 0.3) is 0 Å². The molecule has 0 bridgehead atoms. The Bertz CT molecular complexity index is 366. The molecule has 0 aliphatic carbocycles. The van der Waals surface area contributed by atoms with E-state index in [1.54, 1.807) is 0 Å². The zero-order chi connectivity index (χ0) is 12.3. The summed E-state index contributed by atoms with van der Waals surface area (Å²) in [7, 11) is 0. The lowest BCUT2D eigenvalue weighted by atomic mass is 10.1. The third-order valence-electron chi connectivity index (χ3n) is 3.47. The lowest BCUT2D eigenvalue weighted by Gasteiger charge is -2.17. The van der Waals surface area contributed by atoms with Gasteiger partial charge >= 0.3 is 0 Å². The monoisotopic (exact) mass is 235 g/mol. The summed E-state index contributed by atoms with van der Waals surface area (Å²) in [6.07, 6.45) is 4.70. The Kier molecular flexibility index (Phi) is 4.21. The van der Waals surface area contributed by atoms with Crippen LogP contribution in [-0.4, -0.2) is 16.1 Å². The van der Waals surface area contributed by atoms with Crippen molar-refractivity contribution in [1.29, 1.82) is 0 Å². The summed E-state index contributed by atoms with van der Waals surface area (Å²) in [6, 6.07) is 0. The lowest BCUT2D eigenvalue weighted by Crippen LogP contribution is -2.25. The van der Waals surface area contributed by atoms with Crippen molar-refractivity contribution >= 4 is 0 Å². The third kappa shape index (κ3) is 2.89. The van der Waals surface area contributed by atoms with Crippen LogP contribution >= 0.6 is 0 Å². The molecule has 1 N–H and O–H groups in total. The van der Waals surface area contributed by atoms with E-state index in [1.807, 2.05) is 0 Å². The summed E-state index contributed by atoms with van der Waals surface area (Å²) in [5, 5.41) is 3.41. The van der Waals surface area contributed by atoms with E-state index in [9.17, 15) is 0 Å². The maximum atomic E-state index is 4.82. The van der Waals surface area contributed by atoms with Gasteiger partial charge in [-0.2, -0.15) is 0 Å². The second-order valence-corrected chi connectivity index (χ2v) is 5.43. The van der Waals surface area contributed by atoms with Crippen LogP contribution in [-0.2, 0) is 25.9 Å². The summed E-state index contributed by atoms with van der Waals surface area (Å²) in [6.45, 7) is 10.0. The minimum Gasteiger partial charge on any atom is -0.332 e. The molecule has 0 amide bonds. The Morgan fingerprint density at radius 2 is 2.24 bits per heavy atom. The summed E-state index contributed by atoms with van der Waals surface area (Å²) >= 11 is 0. The number of imidazole rings is 1. The minimum absolute atomic E-state index is 0.768. The van der Waals surface area contributed by atoms with E-state index in [0.29, 0.717) is 0 Å². The molecule has 0 radical (unpaired) electrons. The number of nitrogens with one attached hydrogen (secondary N) is 1. The summed E-state index contributed by atoms with van der Waals surface area (Å²) in [5.74, 6) is 2.08. The van der Waals surface area contributed by atoms with Crippen LogP contribution in [0, 0.1) is 5.92 Å². The average molecular weight is 235 g/mol. The van der Waals surface area contributed by atoms with Gasteiger partial charge in [-0.15, -0.1) is 0 Å². The van der Waals surface area contributed by atoms with Crippen LogP contribution in [0.5, 0.6) is 0 Å². The van der Waals surface area contributed by atoms with Crippen molar-refractivity contribution in [2.75, 3.05) is 6.54 Å². The Morgan fingerprint density at radius 1 is 1.41 bits per heavy atom. The van der Waals surface area contributed by atoms with Gasteiger partial charge in [0.15, 0.2) is 0 Å². The molecule has 1 aromatic rings. The number of nitrogens with zero attached hydrogens (tertiary/aromatic N) is 2. The molecule has 3 nitrogen and oxygen atoms in total. The number of hydrogen-bond acceptors (Lipinski definition) is 2. The van der Waals surface area contributed by atoms with Crippen LogP contribution in [0.1, 0.15) is 50.8 Å². The third-order valence-corrected chi connectivity index (χ3v) is 3.47. The van der Waals surface area contributed by atoms with Gasteiger partial charge in [0.1, 0.15) is 5.82 Å². The van der Waals surface area contributed by atoms with Gasteiger partial charge in [0.25, 0.3) is 0 Å². The Labute approximate surface area is 105 Å². The fourth-order valence-corrected chi connectivity index (χ4v) is 2.49. The predicted octanol–water partition coefficient (Wildman–Crippen LogP) is 2.53. The van der Waals surface area contributed by atoms with Gasteiger partial charge in [-0.25, -0.2) is 4.98 Å². The fraction of sp³-hybridized carbons (Fsp3) is 0.786. The van der Waals surface area contributed by atoms with Crippen LogP contribution < -0.4 is 5.32 Å². The summed E-state index contributed by atoms with van der Waals surface area (Å²) < 4.78 is 2.50. The van der Waals surface area contributed by atoms with Crippen molar-refractivity contribution in [1.82, 2.24) is 14.9 Å². The molecule has 1 aliphatic rings. The molecule has 0 saturated carbocycles. The molecule has 1 aromatic heterocycles. The minimum atomic E-state index is 0.768. The molecule has 96 valence electrons. The Hall–Kier alpha value is -0.830. The number of aryl methyl sites for hydroxylation is 1. The van der Waals surface area contributed by atoms with E-state index < -0.39 is 0 Å². The number of aromatic nitrogens is 2. The first-order valence-electron chi connectivity index (χ1n) is 7.00. The molecule has 0 aromatic carbocycles. The zero-order valence-electron chi connectivity index (χ0n) is 11.4. The van der Waals surface area contributed by atoms with E-state index in [-0.39, 0.29) is 0 Å². The van der Waals surface area contributed by atoms with Gasteiger partial charge in [0.2, 0.25) is 0 Å². The van der Waals surface area contributed by atoms with Gasteiger partial charge < -0.3 is 9.88 Å².